The zero-order valence-electron chi connectivity index (χ0n) is 7.85. The van der Waals surface area contributed by atoms with Crippen LogP contribution in [0, 0.1) is 5.82 Å². The summed E-state index contributed by atoms with van der Waals surface area (Å²) in [6.45, 7) is 0. The first-order chi connectivity index (χ1) is 7.08. The Bertz CT molecular complexity index is 422. The van der Waals surface area contributed by atoms with Crippen LogP contribution in [0.15, 0.2) is 35.3 Å². The van der Waals surface area contributed by atoms with Gasteiger partial charge in [-0.25, -0.2) is 4.39 Å². The number of hydrogen-bond acceptors (Lipinski definition) is 1. The van der Waals surface area contributed by atoms with Gasteiger partial charge in [0.2, 0.25) is 0 Å². The summed E-state index contributed by atoms with van der Waals surface area (Å²) in [6.07, 6.45) is 2.59. The van der Waals surface area contributed by atoms with Crippen LogP contribution in [-0.4, -0.2) is 11.9 Å². The van der Waals surface area contributed by atoms with Crippen LogP contribution < -0.4 is 11.5 Å². The summed E-state index contributed by atoms with van der Waals surface area (Å²) in [5, 5.41) is 0. The molecule has 1 amide bonds. The van der Waals surface area contributed by atoms with E-state index >= 15 is 0 Å². The van der Waals surface area contributed by atoms with Crippen LogP contribution in [0.25, 0.3) is 6.08 Å². The zero-order chi connectivity index (χ0) is 11.3. The molecule has 4 N–H and O–H groups in total. The van der Waals surface area contributed by atoms with Crippen molar-refractivity contribution in [1.29, 1.82) is 0 Å². The summed E-state index contributed by atoms with van der Waals surface area (Å²) >= 11 is 0. The van der Waals surface area contributed by atoms with Gasteiger partial charge in [0, 0.05) is 6.08 Å². The van der Waals surface area contributed by atoms with Gasteiger partial charge in [-0.15, -0.1) is 0 Å². The molecule has 0 aliphatic carbocycles. The van der Waals surface area contributed by atoms with E-state index in [1.807, 2.05) is 0 Å². The van der Waals surface area contributed by atoms with Crippen LogP contribution in [0.2, 0.25) is 0 Å². The lowest BCUT2D eigenvalue weighted by Crippen LogP contribution is -2.23. The maximum atomic E-state index is 12.7. The first kappa shape index (κ1) is 10.9. The minimum absolute atomic E-state index is 0.302. The molecule has 0 aliphatic heterocycles. The minimum atomic E-state index is -0.584. The lowest BCUT2D eigenvalue weighted by Gasteiger charge is -1.92. The molecule has 1 aromatic carbocycles. The molecule has 1 rings (SSSR count). The van der Waals surface area contributed by atoms with E-state index in [2.05, 4.69) is 4.99 Å². The minimum Gasteiger partial charge on any atom is -0.370 e. The molecule has 0 spiro atoms. The van der Waals surface area contributed by atoms with Crippen LogP contribution in [0.3, 0.4) is 0 Å². The number of nitrogens with zero attached hydrogens (tertiary/aromatic N) is 1. The zero-order valence-corrected chi connectivity index (χ0v) is 7.85. The molecule has 0 bridgehead atoms. The lowest BCUT2D eigenvalue weighted by molar-refractivity contribution is -0.113. The number of amides is 1. The standard InChI is InChI=1S/C10H10FN3O/c11-8-3-1-2-7(6-8)4-5-9(15)14-10(12)13/h1-6H,(H4,12,13,14,15). The maximum Gasteiger partial charge on any atom is 0.272 e. The monoisotopic (exact) mass is 207 g/mol. The number of hydrogen-bond donors (Lipinski definition) is 2. The third kappa shape index (κ3) is 4.04. The van der Waals surface area contributed by atoms with Gasteiger partial charge in [0.1, 0.15) is 5.82 Å². The largest absolute Gasteiger partial charge is 0.370 e. The van der Waals surface area contributed by atoms with E-state index < -0.39 is 5.91 Å². The summed E-state index contributed by atoms with van der Waals surface area (Å²) in [5.41, 5.74) is 10.6. The summed E-state index contributed by atoms with van der Waals surface area (Å²) in [6, 6.07) is 5.80. The van der Waals surface area contributed by atoms with Crippen molar-refractivity contribution in [2.45, 2.75) is 0 Å². The second-order valence-corrected chi connectivity index (χ2v) is 2.76. The Morgan fingerprint density at radius 2 is 2.13 bits per heavy atom. The van der Waals surface area contributed by atoms with Crippen molar-refractivity contribution in [3.05, 3.63) is 41.7 Å². The van der Waals surface area contributed by atoms with Gasteiger partial charge in [-0.1, -0.05) is 12.1 Å². The third-order valence-electron chi connectivity index (χ3n) is 1.51. The SMILES string of the molecule is NC(N)=NC(=O)C=Cc1cccc(F)c1. The molecule has 4 nitrogen and oxygen atoms in total. The molecule has 78 valence electrons. The number of guanidine groups is 1. The fourth-order valence-electron chi connectivity index (χ4n) is 0.942. The van der Waals surface area contributed by atoms with E-state index in [-0.39, 0.29) is 11.8 Å². The van der Waals surface area contributed by atoms with Crippen LogP contribution in [0.1, 0.15) is 5.56 Å². The number of benzene rings is 1. The quantitative estimate of drug-likeness (QED) is 0.424. The first-order valence-corrected chi connectivity index (χ1v) is 4.15. The number of halogens is 1. The highest BCUT2D eigenvalue weighted by atomic mass is 19.1. The van der Waals surface area contributed by atoms with Crippen LogP contribution in [-0.2, 0) is 4.79 Å². The molecular weight excluding hydrogens is 197 g/mol. The topological polar surface area (TPSA) is 81.5 Å². The van der Waals surface area contributed by atoms with E-state index in [9.17, 15) is 9.18 Å². The van der Waals surface area contributed by atoms with E-state index in [4.69, 9.17) is 11.5 Å². The van der Waals surface area contributed by atoms with Crippen molar-refractivity contribution < 1.29 is 9.18 Å². The number of aliphatic imine (C=N–C) groups is 1. The number of carbonyl (C=O) groups excluding carboxylic acids is 1. The molecule has 0 saturated heterocycles. The van der Waals surface area contributed by atoms with Gasteiger partial charge in [0.05, 0.1) is 0 Å². The van der Waals surface area contributed by atoms with Gasteiger partial charge in [-0.2, -0.15) is 4.99 Å². The van der Waals surface area contributed by atoms with Crippen LogP contribution in [0.4, 0.5) is 4.39 Å². The fraction of sp³-hybridized carbons (Fsp3) is 0. The second-order valence-electron chi connectivity index (χ2n) is 2.76. The maximum absolute atomic E-state index is 12.7. The van der Waals surface area contributed by atoms with Crippen molar-refractivity contribution in [3.63, 3.8) is 0 Å². The highest BCUT2D eigenvalue weighted by molar-refractivity contribution is 5.99. The molecule has 0 radical (unpaired) electrons. The average molecular weight is 207 g/mol. The first-order valence-electron chi connectivity index (χ1n) is 4.15. The Kier molecular flexibility index (Phi) is 3.56. The van der Waals surface area contributed by atoms with Crippen LogP contribution in [0.5, 0.6) is 0 Å². The van der Waals surface area contributed by atoms with E-state index in [0.717, 1.165) is 6.08 Å². The molecule has 0 unspecified atom stereocenters. The third-order valence-corrected chi connectivity index (χ3v) is 1.51. The summed E-state index contributed by atoms with van der Waals surface area (Å²) < 4.78 is 12.7. The molecule has 1 aromatic rings. The predicted molar refractivity (Wildman–Crippen MR) is 56.3 cm³/mol. The molecule has 0 atom stereocenters. The highest BCUT2D eigenvalue weighted by Gasteiger charge is 1.94. The fourth-order valence-corrected chi connectivity index (χ4v) is 0.942. The van der Waals surface area contributed by atoms with E-state index in [1.54, 1.807) is 12.1 Å². The summed E-state index contributed by atoms with van der Waals surface area (Å²) in [7, 11) is 0. The Hall–Kier alpha value is -2.17. The Morgan fingerprint density at radius 1 is 1.40 bits per heavy atom. The molecule has 0 aromatic heterocycles. The van der Waals surface area contributed by atoms with Gasteiger partial charge in [-0.3, -0.25) is 4.79 Å². The smallest absolute Gasteiger partial charge is 0.272 e. The Balaban J connectivity index is 2.74. The van der Waals surface area contributed by atoms with Crippen molar-refractivity contribution in [2.24, 2.45) is 16.5 Å². The van der Waals surface area contributed by atoms with Gasteiger partial charge in [0.25, 0.3) is 5.91 Å². The second kappa shape index (κ2) is 4.90. The Morgan fingerprint density at radius 3 is 2.73 bits per heavy atom. The molecule has 0 fully saturated rings. The normalized spacial score (nSPS) is 10.2. The molecule has 0 aliphatic rings. The molecule has 5 heteroatoms. The molecule has 0 heterocycles. The van der Waals surface area contributed by atoms with Gasteiger partial charge in [-0.05, 0) is 23.8 Å². The van der Waals surface area contributed by atoms with Crippen molar-refractivity contribution >= 4 is 17.9 Å². The summed E-state index contributed by atoms with van der Waals surface area (Å²) in [5.74, 6) is -1.26. The lowest BCUT2D eigenvalue weighted by atomic mass is 10.2. The molecule has 0 saturated carbocycles. The Labute approximate surface area is 86.1 Å². The number of nitrogens with two attached hydrogens (primary N) is 2. The highest BCUT2D eigenvalue weighted by Crippen LogP contribution is 2.05. The number of carbonyl (C=O) groups is 1. The molecular formula is C10H10FN3O. The average Bonchev–Trinajstić information content (AvgIpc) is 2.14. The van der Waals surface area contributed by atoms with Crippen LogP contribution >= 0.6 is 0 Å². The summed E-state index contributed by atoms with van der Waals surface area (Å²) in [4.78, 5) is 14.3. The van der Waals surface area contributed by atoms with Crippen molar-refractivity contribution in [1.82, 2.24) is 0 Å². The van der Waals surface area contributed by atoms with Crippen molar-refractivity contribution in [3.8, 4) is 0 Å². The molecule has 15 heavy (non-hydrogen) atoms. The van der Waals surface area contributed by atoms with Gasteiger partial charge < -0.3 is 11.5 Å². The van der Waals surface area contributed by atoms with Crippen molar-refractivity contribution in [2.75, 3.05) is 0 Å². The van der Waals surface area contributed by atoms with Gasteiger partial charge in [0.15, 0.2) is 5.96 Å². The predicted octanol–water partition coefficient (Wildman–Crippen LogP) is 0.639. The van der Waals surface area contributed by atoms with E-state index in [1.165, 1.54) is 18.2 Å². The van der Waals surface area contributed by atoms with Gasteiger partial charge >= 0.3 is 0 Å². The van der Waals surface area contributed by atoms with E-state index in [0.29, 0.717) is 5.56 Å². The number of rotatable bonds is 2.